The van der Waals surface area contributed by atoms with Gasteiger partial charge in [0, 0.05) is 31.8 Å². The van der Waals surface area contributed by atoms with Gasteiger partial charge < -0.3 is 14.8 Å². The van der Waals surface area contributed by atoms with E-state index >= 15 is 0 Å². The molecule has 128 valence electrons. The van der Waals surface area contributed by atoms with Gasteiger partial charge in [0.15, 0.2) is 0 Å². The molecule has 0 bridgehead atoms. The van der Waals surface area contributed by atoms with Crippen LogP contribution >= 0.6 is 0 Å². The van der Waals surface area contributed by atoms with Crippen LogP contribution in [0.1, 0.15) is 36.5 Å². The number of nitrogens with one attached hydrogen (secondary N) is 1. The van der Waals surface area contributed by atoms with Crippen LogP contribution in [0.4, 0.5) is 0 Å². The van der Waals surface area contributed by atoms with Crippen molar-refractivity contribution in [2.75, 3.05) is 40.0 Å². The summed E-state index contributed by atoms with van der Waals surface area (Å²) in [5.41, 5.74) is 0.631. The van der Waals surface area contributed by atoms with Gasteiger partial charge in [0.25, 0.3) is 5.91 Å². The summed E-state index contributed by atoms with van der Waals surface area (Å²) in [6.07, 6.45) is 3.84. The van der Waals surface area contributed by atoms with Crippen molar-refractivity contribution >= 4 is 5.91 Å². The average Bonchev–Trinajstić information content (AvgIpc) is 2.57. The van der Waals surface area contributed by atoms with Crippen LogP contribution < -0.4 is 10.1 Å². The van der Waals surface area contributed by atoms with Crippen LogP contribution in [-0.2, 0) is 4.74 Å². The topological polar surface area (TPSA) is 50.8 Å². The smallest absolute Gasteiger partial charge is 0.251 e. The van der Waals surface area contributed by atoms with Crippen LogP contribution in [0.25, 0.3) is 0 Å². The first-order valence-electron chi connectivity index (χ1n) is 8.45. The summed E-state index contributed by atoms with van der Waals surface area (Å²) in [5.74, 6) is 0.645. The zero-order valence-electron chi connectivity index (χ0n) is 14.2. The second-order valence-corrected chi connectivity index (χ2v) is 6.01. The third-order valence-electron chi connectivity index (χ3n) is 4.28. The number of rotatable bonds is 8. The Balaban J connectivity index is 1.77. The van der Waals surface area contributed by atoms with E-state index in [1.165, 1.54) is 19.3 Å². The molecule has 23 heavy (non-hydrogen) atoms. The van der Waals surface area contributed by atoms with Crippen molar-refractivity contribution in [1.82, 2.24) is 10.2 Å². The molecule has 1 heterocycles. The molecule has 1 N–H and O–H groups in total. The summed E-state index contributed by atoms with van der Waals surface area (Å²) in [7, 11) is 1.64. The molecule has 0 spiro atoms. The summed E-state index contributed by atoms with van der Waals surface area (Å²) in [5, 5.41) is 3.00. The van der Waals surface area contributed by atoms with Gasteiger partial charge in [0.1, 0.15) is 12.4 Å². The molecule has 0 saturated carbocycles. The van der Waals surface area contributed by atoms with E-state index in [0.717, 1.165) is 13.1 Å². The predicted molar refractivity (Wildman–Crippen MR) is 91.0 cm³/mol. The van der Waals surface area contributed by atoms with Gasteiger partial charge in [-0.1, -0.05) is 12.5 Å². The van der Waals surface area contributed by atoms with E-state index in [4.69, 9.17) is 9.47 Å². The normalized spacial score (nSPS) is 18.6. The molecule has 1 aliphatic heterocycles. The number of nitrogens with zero attached hydrogens (tertiary/aromatic N) is 1. The number of piperidine rings is 1. The second kappa shape index (κ2) is 9.53. The van der Waals surface area contributed by atoms with Crippen LogP contribution in [0.3, 0.4) is 0 Å². The third kappa shape index (κ3) is 5.84. The van der Waals surface area contributed by atoms with Gasteiger partial charge in [0.2, 0.25) is 0 Å². The van der Waals surface area contributed by atoms with E-state index in [9.17, 15) is 4.79 Å². The van der Waals surface area contributed by atoms with Gasteiger partial charge in [-0.3, -0.25) is 9.69 Å². The molecule has 1 amide bonds. The molecule has 1 saturated heterocycles. The van der Waals surface area contributed by atoms with Crippen molar-refractivity contribution in [2.24, 2.45) is 0 Å². The molecule has 2 rings (SSSR count). The van der Waals surface area contributed by atoms with Crippen molar-refractivity contribution in [2.45, 2.75) is 32.2 Å². The molecule has 1 fully saturated rings. The van der Waals surface area contributed by atoms with E-state index < -0.39 is 0 Å². The van der Waals surface area contributed by atoms with E-state index in [2.05, 4.69) is 17.1 Å². The van der Waals surface area contributed by atoms with Crippen LogP contribution in [0.5, 0.6) is 5.75 Å². The molecule has 5 nitrogen and oxygen atoms in total. The van der Waals surface area contributed by atoms with E-state index in [1.54, 1.807) is 13.2 Å². The lowest BCUT2D eigenvalue weighted by Crippen LogP contribution is -2.42. The van der Waals surface area contributed by atoms with Crippen molar-refractivity contribution in [3.05, 3.63) is 29.8 Å². The number of hydrogen-bond acceptors (Lipinski definition) is 4. The van der Waals surface area contributed by atoms with Gasteiger partial charge in [-0.15, -0.1) is 0 Å². The first kappa shape index (κ1) is 17.8. The Hall–Kier alpha value is -1.59. The quantitative estimate of drug-likeness (QED) is 0.747. The monoisotopic (exact) mass is 320 g/mol. The summed E-state index contributed by atoms with van der Waals surface area (Å²) >= 11 is 0. The third-order valence-corrected chi connectivity index (χ3v) is 4.28. The summed E-state index contributed by atoms with van der Waals surface area (Å²) in [6.45, 7) is 6.01. The van der Waals surface area contributed by atoms with Gasteiger partial charge in [-0.05, 0) is 44.5 Å². The number of hydrogen-bond donors (Lipinski definition) is 1. The van der Waals surface area contributed by atoms with E-state index in [1.807, 2.05) is 18.2 Å². The number of methoxy groups -OCH3 is 1. The molecule has 1 aliphatic rings. The van der Waals surface area contributed by atoms with Crippen LogP contribution in [-0.4, -0.2) is 56.8 Å². The largest absolute Gasteiger partial charge is 0.491 e. The summed E-state index contributed by atoms with van der Waals surface area (Å²) in [6, 6.07) is 7.89. The Kier molecular flexibility index (Phi) is 7.36. The second-order valence-electron chi connectivity index (χ2n) is 6.01. The van der Waals surface area contributed by atoms with Gasteiger partial charge in [-0.25, -0.2) is 0 Å². The lowest BCUT2D eigenvalue weighted by molar-refractivity contribution is 0.0937. The zero-order chi connectivity index (χ0) is 16.5. The molecule has 5 heteroatoms. The van der Waals surface area contributed by atoms with Crippen molar-refractivity contribution in [3.8, 4) is 5.75 Å². The predicted octanol–water partition coefficient (Wildman–Crippen LogP) is 2.32. The fraction of sp³-hybridized carbons (Fsp3) is 0.611. The van der Waals surface area contributed by atoms with Crippen molar-refractivity contribution in [3.63, 3.8) is 0 Å². The Morgan fingerprint density at radius 2 is 2.22 bits per heavy atom. The zero-order valence-corrected chi connectivity index (χ0v) is 14.2. The first-order chi connectivity index (χ1) is 11.2. The highest BCUT2D eigenvalue weighted by atomic mass is 16.5. The molecule has 0 aromatic heterocycles. The fourth-order valence-electron chi connectivity index (χ4n) is 2.87. The first-order valence-corrected chi connectivity index (χ1v) is 8.45. The number of carbonyl (C=O) groups excluding carboxylic acids is 1. The Bertz CT molecular complexity index is 493. The molecule has 0 radical (unpaired) electrons. The lowest BCUT2D eigenvalue weighted by Gasteiger charge is -2.33. The lowest BCUT2D eigenvalue weighted by atomic mass is 10.0. The van der Waals surface area contributed by atoms with Crippen molar-refractivity contribution < 1.29 is 14.3 Å². The molecular weight excluding hydrogens is 292 g/mol. The summed E-state index contributed by atoms with van der Waals surface area (Å²) < 4.78 is 10.5. The number of likely N-dealkylation sites (tertiary alicyclic amines) is 1. The minimum atomic E-state index is -0.0492. The molecule has 1 aromatic rings. The Morgan fingerprint density at radius 3 is 3.00 bits per heavy atom. The average molecular weight is 320 g/mol. The number of amides is 1. The molecule has 0 unspecified atom stereocenters. The highest BCUT2D eigenvalue weighted by Crippen LogP contribution is 2.16. The SMILES string of the molecule is COCCOc1cccc(C(=O)NCCN2CCCC[C@@H]2C)c1. The van der Waals surface area contributed by atoms with Gasteiger partial charge in [0.05, 0.1) is 6.61 Å². The van der Waals surface area contributed by atoms with Gasteiger partial charge in [-0.2, -0.15) is 0 Å². The number of benzene rings is 1. The minimum Gasteiger partial charge on any atom is -0.491 e. The van der Waals surface area contributed by atoms with Gasteiger partial charge >= 0.3 is 0 Å². The highest BCUT2D eigenvalue weighted by molar-refractivity contribution is 5.94. The number of ether oxygens (including phenoxy) is 2. The Labute approximate surface area is 139 Å². The maximum atomic E-state index is 12.2. The van der Waals surface area contributed by atoms with Crippen LogP contribution in [0.2, 0.25) is 0 Å². The summed E-state index contributed by atoms with van der Waals surface area (Å²) in [4.78, 5) is 14.7. The highest BCUT2D eigenvalue weighted by Gasteiger charge is 2.17. The molecular formula is C18H28N2O3. The van der Waals surface area contributed by atoms with Crippen LogP contribution in [0.15, 0.2) is 24.3 Å². The van der Waals surface area contributed by atoms with Crippen LogP contribution in [0, 0.1) is 0 Å². The maximum absolute atomic E-state index is 12.2. The van der Waals surface area contributed by atoms with Crippen molar-refractivity contribution in [1.29, 1.82) is 0 Å². The molecule has 1 atom stereocenters. The molecule has 0 aliphatic carbocycles. The molecule has 1 aromatic carbocycles. The number of carbonyl (C=O) groups is 1. The Morgan fingerprint density at radius 1 is 1.35 bits per heavy atom. The van der Waals surface area contributed by atoms with E-state index in [-0.39, 0.29) is 5.91 Å². The fourth-order valence-corrected chi connectivity index (χ4v) is 2.87. The minimum absolute atomic E-state index is 0.0492. The standard InChI is InChI=1S/C18H28N2O3/c1-15-6-3-4-10-20(15)11-9-19-18(21)16-7-5-8-17(14-16)23-13-12-22-2/h5,7-8,14-15H,3-4,6,9-13H2,1-2H3,(H,19,21)/t15-/m0/s1. The van der Waals surface area contributed by atoms with E-state index in [0.29, 0.717) is 37.1 Å². The maximum Gasteiger partial charge on any atom is 0.251 e.